The molecule has 1 heterocycles. The van der Waals surface area contributed by atoms with Crippen LogP contribution in [0, 0.1) is 0 Å². The van der Waals surface area contributed by atoms with Crippen LogP contribution in [0.4, 0.5) is 0 Å². The zero-order valence-electron chi connectivity index (χ0n) is 6.71. The van der Waals surface area contributed by atoms with Crippen LogP contribution in [-0.4, -0.2) is 24.0 Å². The smallest absolute Gasteiger partial charge is 0.0413 e. The number of hydrogen-bond acceptors (Lipinski definition) is 2. The standard InChI is InChI=1S/C8H11BrN2/c1-11(2)6-7-3-4-10-5-8(7)9/h3-5H,6H2,1-2H3. The van der Waals surface area contributed by atoms with Crippen molar-refractivity contribution < 1.29 is 0 Å². The molecule has 1 aromatic heterocycles. The van der Waals surface area contributed by atoms with Gasteiger partial charge in [0.2, 0.25) is 0 Å². The molecule has 0 aromatic carbocycles. The Morgan fingerprint density at radius 1 is 1.55 bits per heavy atom. The molecule has 0 atom stereocenters. The minimum Gasteiger partial charge on any atom is -0.305 e. The van der Waals surface area contributed by atoms with Crippen molar-refractivity contribution in [2.75, 3.05) is 14.1 Å². The number of aromatic nitrogens is 1. The fraction of sp³-hybridized carbons (Fsp3) is 0.375. The number of halogens is 1. The van der Waals surface area contributed by atoms with Crippen molar-refractivity contribution in [1.82, 2.24) is 9.88 Å². The maximum Gasteiger partial charge on any atom is 0.0413 e. The molecule has 1 rings (SSSR count). The van der Waals surface area contributed by atoms with Gasteiger partial charge in [0.15, 0.2) is 0 Å². The van der Waals surface area contributed by atoms with Crippen molar-refractivity contribution in [3.63, 3.8) is 0 Å². The van der Waals surface area contributed by atoms with Crippen molar-refractivity contribution >= 4 is 15.9 Å². The van der Waals surface area contributed by atoms with Gasteiger partial charge in [-0.15, -0.1) is 0 Å². The molecule has 0 aliphatic rings. The summed E-state index contributed by atoms with van der Waals surface area (Å²) < 4.78 is 1.08. The van der Waals surface area contributed by atoms with Crippen molar-refractivity contribution in [3.8, 4) is 0 Å². The van der Waals surface area contributed by atoms with E-state index in [1.807, 2.05) is 32.6 Å². The molecule has 0 saturated carbocycles. The molecule has 0 amide bonds. The summed E-state index contributed by atoms with van der Waals surface area (Å²) in [6, 6.07) is 2.02. The van der Waals surface area contributed by atoms with Gasteiger partial charge in [0, 0.05) is 23.4 Å². The molecule has 2 nitrogen and oxygen atoms in total. The van der Waals surface area contributed by atoms with E-state index in [4.69, 9.17) is 0 Å². The van der Waals surface area contributed by atoms with E-state index in [-0.39, 0.29) is 0 Å². The summed E-state index contributed by atoms with van der Waals surface area (Å²) in [4.78, 5) is 6.11. The Morgan fingerprint density at radius 3 is 2.82 bits per heavy atom. The zero-order chi connectivity index (χ0) is 8.27. The van der Waals surface area contributed by atoms with Gasteiger partial charge in [0.05, 0.1) is 0 Å². The van der Waals surface area contributed by atoms with Gasteiger partial charge in [-0.1, -0.05) is 0 Å². The first kappa shape index (κ1) is 8.68. The summed E-state index contributed by atoms with van der Waals surface area (Å²) >= 11 is 3.44. The van der Waals surface area contributed by atoms with Gasteiger partial charge in [-0.2, -0.15) is 0 Å². The zero-order valence-corrected chi connectivity index (χ0v) is 8.30. The minimum atomic E-state index is 0.948. The SMILES string of the molecule is CN(C)Cc1ccncc1Br. The van der Waals surface area contributed by atoms with Gasteiger partial charge in [-0.25, -0.2) is 0 Å². The Bertz CT molecular complexity index is 235. The second-order valence-corrected chi connectivity index (χ2v) is 3.56. The number of hydrogen-bond donors (Lipinski definition) is 0. The van der Waals surface area contributed by atoms with E-state index < -0.39 is 0 Å². The summed E-state index contributed by atoms with van der Waals surface area (Å²) in [6.07, 6.45) is 3.63. The molecular weight excluding hydrogens is 204 g/mol. The predicted octanol–water partition coefficient (Wildman–Crippen LogP) is 1.91. The molecule has 0 unspecified atom stereocenters. The second kappa shape index (κ2) is 3.83. The van der Waals surface area contributed by atoms with Gasteiger partial charge in [-0.3, -0.25) is 4.98 Å². The molecule has 0 fully saturated rings. The molecule has 11 heavy (non-hydrogen) atoms. The van der Waals surface area contributed by atoms with Crippen LogP contribution in [0.25, 0.3) is 0 Å². The van der Waals surface area contributed by atoms with E-state index in [0.29, 0.717) is 0 Å². The van der Waals surface area contributed by atoms with Crippen LogP contribution in [-0.2, 0) is 6.54 Å². The lowest BCUT2D eigenvalue weighted by atomic mass is 10.2. The van der Waals surface area contributed by atoms with Gasteiger partial charge in [0.25, 0.3) is 0 Å². The van der Waals surface area contributed by atoms with Crippen LogP contribution in [0.1, 0.15) is 5.56 Å². The maximum atomic E-state index is 3.99. The average molecular weight is 215 g/mol. The third-order valence-corrected chi connectivity index (χ3v) is 2.06. The molecule has 0 aliphatic heterocycles. The van der Waals surface area contributed by atoms with Gasteiger partial charge in [0.1, 0.15) is 0 Å². The van der Waals surface area contributed by atoms with Crippen LogP contribution >= 0.6 is 15.9 Å². The highest BCUT2D eigenvalue weighted by molar-refractivity contribution is 9.10. The highest BCUT2D eigenvalue weighted by atomic mass is 79.9. The molecule has 0 saturated heterocycles. The maximum absolute atomic E-state index is 3.99. The third-order valence-electron chi connectivity index (χ3n) is 1.34. The Hall–Kier alpha value is -0.410. The third kappa shape index (κ3) is 2.60. The lowest BCUT2D eigenvalue weighted by Crippen LogP contribution is -2.10. The van der Waals surface area contributed by atoms with Crippen LogP contribution in [0.2, 0.25) is 0 Å². The van der Waals surface area contributed by atoms with Gasteiger partial charge < -0.3 is 4.90 Å². The monoisotopic (exact) mass is 214 g/mol. The molecule has 0 radical (unpaired) electrons. The fourth-order valence-corrected chi connectivity index (χ4v) is 1.25. The number of nitrogens with zero attached hydrogens (tertiary/aromatic N) is 2. The van der Waals surface area contributed by atoms with Crippen LogP contribution in [0.3, 0.4) is 0 Å². The molecule has 3 heteroatoms. The summed E-state index contributed by atoms with van der Waals surface area (Å²) in [5.41, 5.74) is 1.27. The Kier molecular flexibility index (Phi) is 3.02. The van der Waals surface area contributed by atoms with E-state index in [9.17, 15) is 0 Å². The molecule has 0 spiro atoms. The van der Waals surface area contributed by atoms with Crippen molar-refractivity contribution in [2.45, 2.75) is 6.54 Å². The molecule has 1 aromatic rings. The summed E-state index contributed by atoms with van der Waals surface area (Å²) in [6.45, 7) is 0.948. The molecule has 0 bridgehead atoms. The number of rotatable bonds is 2. The van der Waals surface area contributed by atoms with Crippen molar-refractivity contribution in [2.24, 2.45) is 0 Å². The van der Waals surface area contributed by atoms with E-state index >= 15 is 0 Å². The highest BCUT2D eigenvalue weighted by Crippen LogP contribution is 2.14. The topological polar surface area (TPSA) is 16.1 Å². The highest BCUT2D eigenvalue weighted by Gasteiger charge is 1.98. The Balaban J connectivity index is 2.78. The number of pyridine rings is 1. The first-order valence-corrected chi connectivity index (χ1v) is 4.22. The van der Waals surface area contributed by atoms with E-state index in [1.54, 1.807) is 0 Å². The summed E-state index contributed by atoms with van der Waals surface area (Å²) in [7, 11) is 4.10. The van der Waals surface area contributed by atoms with Crippen molar-refractivity contribution in [3.05, 3.63) is 28.5 Å². The van der Waals surface area contributed by atoms with Gasteiger partial charge in [-0.05, 0) is 41.7 Å². The van der Waals surface area contributed by atoms with Crippen LogP contribution in [0.15, 0.2) is 22.9 Å². The Labute approximate surface area is 75.4 Å². The van der Waals surface area contributed by atoms with Crippen molar-refractivity contribution in [1.29, 1.82) is 0 Å². The average Bonchev–Trinajstić information content (AvgIpc) is 1.93. The largest absolute Gasteiger partial charge is 0.305 e. The van der Waals surface area contributed by atoms with Crippen LogP contribution in [0.5, 0.6) is 0 Å². The van der Waals surface area contributed by atoms with E-state index in [2.05, 4.69) is 25.8 Å². The quantitative estimate of drug-likeness (QED) is 0.749. The predicted molar refractivity (Wildman–Crippen MR) is 49.3 cm³/mol. The molecule has 0 aliphatic carbocycles. The first-order chi connectivity index (χ1) is 5.20. The lowest BCUT2D eigenvalue weighted by molar-refractivity contribution is 0.401. The summed E-state index contributed by atoms with van der Waals surface area (Å²) in [5.74, 6) is 0. The van der Waals surface area contributed by atoms with E-state index in [1.165, 1.54) is 5.56 Å². The summed E-state index contributed by atoms with van der Waals surface area (Å²) in [5, 5.41) is 0. The normalized spacial score (nSPS) is 10.5. The minimum absolute atomic E-state index is 0.948. The fourth-order valence-electron chi connectivity index (χ4n) is 0.873. The molecular formula is C8H11BrN2. The van der Waals surface area contributed by atoms with Gasteiger partial charge >= 0.3 is 0 Å². The Morgan fingerprint density at radius 2 is 2.27 bits per heavy atom. The van der Waals surface area contributed by atoms with Crippen LogP contribution < -0.4 is 0 Å². The van der Waals surface area contributed by atoms with E-state index in [0.717, 1.165) is 11.0 Å². The first-order valence-electron chi connectivity index (χ1n) is 3.43. The molecule has 0 N–H and O–H groups in total. The second-order valence-electron chi connectivity index (χ2n) is 2.70. The lowest BCUT2D eigenvalue weighted by Gasteiger charge is -2.09. The molecule has 60 valence electrons.